The van der Waals surface area contributed by atoms with Gasteiger partial charge >= 0.3 is 0 Å². The van der Waals surface area contributed by atoms with E-state index in [0.717, 1.165) is 0 Å². The van der Waals surface area contributed by atoms with Crippen molar-refractivity contribution in [2.75, 3.05) is 18.4 Å². The number of hydrogen-bond acceptors (Lipinski definition) is 4. The van der Waals surface area contributed by atoms with E-state index < -0.39 is 15.9 Å². The van der Waals surface area contributed by atoms with E-state index in [1.165, 1.54) is 39.3 Å². The van der Waals surface area contributed by atoms with E-state index in [9.17, 15) is 18.3 Å². The van der Waals surface area contributed by atoms with Gasteiger partial charge in [0.15, 0.2) is 11.9 Å². The van der Waals surface area contributed by atoms with Crippen molar-refractivity contribution in [3.63, 3.8) is 0 Å². The highest BCUT2D eigenvalue weighted by atomic mass is 35.5. The van der Waals surface area contributed by atoms with Gasteiger partial charge in [-0.3, -0.25) is 4.79 Å². The fourth-order valence-electron chi connectivity index (χ4n) is 2.44. The highest BCUT2D eigenvalue weighted by Gasteiger charge is 2.23. The van der Waals surface area contributed by atoms with Crippen LogP contribution in [0.25, 0.3) is 0 Å². The third-order valence-corrected chi connectivity index (χ3v) is 6.10. The lowest BCUT2D eigenvalue weighted by atomic mass is 10.3. The SMILES string of the molecule is CCN(CC)S(=O)(=O)c1ccc(Cl)c(NC(=O)C[n+]2cccc(O)c2)c1. The number of hydrogen-bond donors (Lipinski definition) is 2. The summed E-state index contributed by atoms with van der Waals surface area (Å²) in [5.41, 5.74) is 0.214. The van der Waals surface area contributed by atoms with Crippen molar-refractivity contribution >= 4 is 33.2 Å². The Kier molecular flexibility index (Phi) is 6.57. The molecular weight excluding hydrogens is 378 g/mol. The Morgan fingerprint density at radius 3 is 2.58 bits per heavy atom. The van der Waals surface area contributed by atoms with Gasteiger partial charge in [0.25, 0.3) is 5.91 Å². The summed E-state index contributed by atoms with van der Waals surface area (Å²) in [4.78, 5) is 12.3. The second kappa shape index (κ2) is 8.48. The molecule has 2 aromatic rings. The van der Waals surface area contributed by atoms with Crippen LogP contribution in [0.5, 0.6) is 5.75 Å². The first-order chi connectivity index (χ1) is 12.3. The first kappa shape index (κ1) is 20.2. The number of carbonyl (C=O) groups is 1. The number of aromatic nitrogens is 1. The second-order valence-corrected chi connectivity index (χ2v) is 7.86. The van der Waals surface area contributed by atoms with Crippen molar-refractivity contribution in [3.8, 4) is 5.75 Å². The van der Waals surface area contributed by atoms with Crippen LogP contribution in [-0.4, -0.2) is 36.8 Å². The predicted octanol–water partition coefficient (Wildman–Crippen LogP) is 2.00. The lowest BCUT2D eigenvalue weighted by molar-refractivity contribution is -0.684. The first-order valence-corrected chi connectivity index (χ1v) is 9.87. The maximum atomic E-state index is 12.6. The van der Waals surface area contributed by atoms with Gasteiger partial charge < -0.3 is 10.4 Å². The van der Waals surface area contributed by atoms with Gasteiger partial charge in [0.2, 0.25) is 22.8 Å². The number of nitrogens with one attached hydrogen (secondary N) is 1. The predicted molar refractivity (Wildman–Crippen MR) is 98.5 cm³/mol. The number of rotatable bonds is 7. The smallest absolute Gasteiger partial charge is 0.290 e. The summed E-state index contributed by atoms with van der Waals surface area (Å²) in [6, 6.07) is 7.30. The molecule has 1 amide bonds. The molecule has 0 aliphatic rings. The molecule has 140 valence electrons. The Morgan fingerprint density at radius 2 is 1.96 bits per heavy atom. The van der Waals surface area contributed by atoms with Crippen molar-refractivity contribution in [1.82, 2.24) is 4.31 Å². The topological polar surface area (TPSA) is 90.6 Å². The Morgan fingerprint density at radius 1 is 1.27 bits per heavy atom. The monoisotopic (exact) mass is 398 g/mol. The van der Waals surface area contributed by atoms with Crippen molar-refractivity contribution in [3.05, 3.63) is 47.7 Å². The molecule has 7 nitrogen and oxygen atoms in total. The van der Waals surface area contributed by atoms with Crippen LogP contribution >= 0.6 is 11.6 Å². The van der Waals surface area contributed by atoms with Crippen LogP contribution in [0.2, 0.25) is 5.02 Å². The third kappa shape index (κ3) is 4.72. The van der Waals surface area contributed by atoms with E-state index in [2.05, 4.69) is 5.32 Å². The number of sulfonamides is 1. The van der Waals surface area contributed by atoms with Crippen molar-refractivity contribution < 1.29 is 22.9 Å². The molecule has 1 aromatic carbocycles. The Bertz CT molecular complexity index is 899. The molecule has 0 aliphatic carbocycles. The van der Waals surface area contributed by atoms with Crippen LogP contribution in [0.4, 0.5) is 5.69 Å². The summed E-state index contributed by atoms with van der Waals surface area (Å²) in [6.45, 7) is 4.14. The average Bonchev–Trinajstić information content (AvgIpc) is 2.57. The molecule has 0 fully saturated rings. The Hall–Kier alpha value is -2.16. The highest BCUT2D eigenvalue weighted by Crippen LogP contribution is 2.27. The molecule has 0 spiro atoms. The number of amides is 1. The standard InChI is InChI=1S/C17H20ClN3O4S/c1-3-21(4-2)26(24,25)14-7-8-15(18)16(10-14)19-17(23)12-20-9-5-6-13(22)11-20/h5-11H,3-4,12H2,1-2H3,(H-,19,22,23)/p+1. The molecule has 0 aliphatic heterocycles. The molecule has 2 rings (SSSR count). The van der Waals surface area contributed by atoms with E-state index in [1.54, 1.807) is 26.1 Å². The van der Waals surface area contributed by atoms with E-state index in [0.29, 0.717) is 13.1 Å². The number of halogens is 1. The van der Waals surface area contributed by atoms with E-state index in [-0.39, 0.29) is 27.9 Å². The largest absolute Gasteiger partial charge is 0.503 e. The zero-order valence-corrected chi connectivity index (χ0v) is 16.1. The quantitative estimate of drug-likeness (QED) is 0.698. The molecule has 1 heterocycles. The van der Waals surface area contributed by atoms with Crippen LogP contribution in [-0.2, 0) is 21.4 Å². The first-order valence-electron chi connectivity index (χ1n) is 8.05. The molecule has 0 atom stereocenters. The van der Waals surface area contributed by atoms with Gasteiger partial charge in [-0.05, 0) is 24.3 Å². The lowest BCUT2D eigenvalue weighted by Gasteiger charge is -2.19. The van der Waals surface area contributed by atoms with E-state index >= 15 is 0 Å². The molecular formula is C17H21ClN3O4S+. The van der Waals surface area contributed by atoms with E-state index in [1.807, 2.05) is 0 Å². The zero-order valence-electron chi connectivity index (χ0n) is 14.5. The summed E-state index contributed by atoms with van der Waals surface area (Å²) >= 11 is 6.10. The molecule has 1 aromatic heterocycles. The van der Waals surface area contributed by atoms with Gasteiger partial charge in [0, 0.05) is 19.2 Å². The summed E-state index contributed by atoms with van der Waals surface area (Å²) in [5, 5.41) is 12.3. The van der Waals surface area contributed by atoms with Crippen LogP contribution in [0, 0.1) is 0 Å². The highest BCUT2D eigenvalue weighted by molar-refractivity contribution is 7.89. The summed E-state index contributed by atoms with van der Waals surface area (Å²) in [6.07, 6.45) is 3.03. The summed E-state index contributed by atoms with van der Waals surface area (Å²) in [7, 11) is -3.66. The van der Waals surface area contributed by atoms with Gasteiger partial charge in [-0.1, -0.05) is 25.4 Å². The minimum atomic E-state index is -3.66. The lowest BCUT2D eigenvalue weighted by Crippen LogP contribution is -2.39. The normalized spacial score (nSPS) is 11.5. The minimum absolute atomic E-state index is 0.0330. The van der Waals surface area contributed by atoms with Gasteiger partial charge in [0.1, 0.15) is 0 Å². The number of pyridine rings is 1. The molecule has 26 heavy (non-hydrogen) atoms. The molecule has 0 bridgehead atoms. The fourth-order valence-corrected chi connectivity index (χ4v) is 4.08. The third-order valence-electron chi connectivity index (χ3n) is 3.72. The molecule has 0 saturated carbocycles. The van der Waals surface area contributed by atoms with Crippen molar-refractivity contribution in [2.45, 2.75) is 25.3 Å². The van der Waals surface area contributed by atoms with Gasteiger partial charge in [0.05, 0.1) is 15.6 Å². The number of aromatic hydroxyl groups is 1. The number of anilines is 1. The maximum absolute atomic E-state index is 12.6. The second-order valence-electron chi connectivity index (χ2n) is 5.51. The van der Waals surface area contributed by atoms with Crippen LogP contribution < -0.4 is 9.88 Å². The minimum Gasteiger partial charge on any atom is -0.503 e. The molecule has 0 saturated heterocycles. The Balaban J connectivity index is 2.23. The van der Waals surface area contributed by atoms with Crippen LogP contribution in [0.3, 0.4) is 0 Å². The Labute approximate surface area is 157 Å². The number of nitrogens with zero attached hydrogens (tertiary/aromatic N) is 2. The fraction of sp³-hybridized carbons (Fsp3) is 0.294. The van der Waals surface area contributed by atoms with Gasteiger partial charge in [-0.2, -0.15) is 8.87 Å². The number of benzene rings is 1. The molecule has 2 N–H and O–H groups in total. The van der Waals surface area contributed by atoms with E-state index in [4.69, 9.17) is 11.6 Å². The average molecular weight is 399 g/mol. The van der Waals surface area contributed by atoms with Crippen molar-refractivity contribution in [1.29, 1.82) is 0 Å². The zero-order chi connectivity index (χ0) is 19.3. The van der Waals surface area contributed by atoms with Crippen molar-refractivity contribution in [2.24, 2.45) is 0 Å². The van der Waals surface area contributed by atoms with Gasteiger partial charge in [-0.15, -0.1) is 0 Å². The maximum Gasteiger partial charge on any atom is 0.290 e. The summed E-state index contributed by atoms with van der Waals surface area (Å²) in [5.74, 6) is -0.370. The van der Waals surface area contributed by atoms with Gasteiger partial charge in [-0.25, -0.2) is 8.42 Å². The molecule has 0 radical (unpaired) electrons. The molecule has 9 heteroatoms. The number of carbonyl (C=O) groups excluding carboxylic acids is 1. The van der Waals surface area contributed by atoms with Crippen LogP contribution in [0.15, 0.2) is 47.6 Å². The molecule has 0 unspecified atom stereocenters. The summed E-state index contributed by atoms with van der Waals surface area (Å²) < 4.78 is 28.0. The van der Waals surface area contributed by atoms with Crippen LogP contribution in [0.1, 0.15) is 13.8 Å².